The van der Waals surface area contributed by atoms with E-state index in [-0.39, 0.29) is 5.82 Å². The normalized spacial score (nSPS) is 18.8. The molecule has 1 aliphatic carbocycles. The van der Waals surface area contributed by atoms with Crippen molar-refractivity contribution in [3.05, 3.63) is 71.4 Å². The van der Waals surface area contributed by atoms with Crippen LogP contribution in [0.15, 0.2) is 48.8 Å². The molecule has 0 bridgehead atoms. The highest BCUT2D eigenvalue weighted by Gasteiger charge is 2.39. The predicted octanol–water partition coefficient (Wildman–Crippen LogP) is 4.26. The van der Waals surface area contributed by atoms with Crippen molar-refractivity contribution in [1.29, 1.82) is 0 Å². The van der Waals surface area contributed by atoms with E-state index in [1.165, 1.54) is 12.1 Å². The van der Waals surface area contributed by atoms with E-state index < -0.39 is 0 Å². The second kappa shape index (κ2) is 6.24. The summed E-state index contributed by atoms with van der Waals surface area (Å²) in [5, 5.41) is 3.54. The van der Waals surface area contributed by atoms with Crippen LogP contribution < -0.4 is 5.32 Å². The van der Waals surface area contributed by atoms with E-state index >= 15 is 0 Å². The maximum absolute atomic E-state index is 13.1. The van der Waals surface area contributed by atoms with Gasteiger partial charge in [-0.2, -0.15) is 0 Å². The van der Waals surface area contributed by atoms with Crippen LogP contribution in [0.3, 0.4) is 0 Å². The summed E-state index contributed by atoms with van der Waals surface area (Å²) in [6.07, 6.45) is 4.51. The molecule has 5 heteroatoms. The largest absolute Gasteiger partial charge is 0.366 e. The van der Waals surface area contributed by atoms with E-state index in [1.807, 2.05) is 38.1 Å². The highest BCUT2D eigenvalue weighted by Crippen LogP contribution is 2.43. The Morgan fingerprint density at radius 1 is 1.00 bits per heavy atom. The summed E-state index contributed by atoms with van der Waals surface area (Å²) in [6, 6.07) is 10.9. The monoisotopic (exact) mass is 334 g/mol. The Kier molecular flexibility index (Phi) is 3.92. The van der Waals surface area contributed by atoms with Gasteiger partial charge >= 0.3 is 0 Å². The third-order valence-corrected chi connectivity index (χ3v) is 4.74. The van der Waals surface area contributed by atoms with Crippen molar-refractivity contribution in [2.45, 2.75) is 32.2 Å². The molecule has 1 N–H and O–H groups in total. The van der Waals surface area contributed by atoms with Crippen molar-refractivity contribution in [2.75, 3.05) is 5.32 Å². The molecule has 3 aromatic rings. The Bertz CT molecular complexity index is 894. The van der Waals surface area contributed by atoms with Crippen LogP contribution in [-0.2, 0) is 0 Å². The van der Waals surface area contributed by atoms with Gasteiger partial charge in [-0.3, -0.25) is 4.98 Å². The van der Waals surface area contributed by atoms with Crippen molar-refractivity contribution in [2.24, 2.45) is 0 Å². The molecule has 4 nitrogen and oxygen atoms in total. The molecule has 0 unspecified atom stereocenters. The van der Waals surface area contributed by atoms with Crippen molar-refractivity contribution < 1.29 is 4.39 Å². The molecule has 126 valence electrons. The van der Waals surface area contributed by atoms with Gasteiger partial charge in [0.2, 0.25) is 0 Å². The number of halogens is 1. The van der Waals surface area contributed by atoms with Crippen LogP contribution in [0.1, 0.15) is 29.2 Å². The van der Waals surface area contributed by atoms with Crippen LogP contribution in [0.2, 0.25) is 0 Å². The molecule has 2 aromatic heterocycles. The van der Waals surface area contributed by atoms with Gasteiger partial charge in [0.25, 0.3) is 0 Å². The molecule has 2 atom stereocenters. The van der Waals surface area contributed by atoms with E-state index in [2.05, 4.69) is 15.3 Å². The Balaban J connectivity index is 1.57. The minimum Gasteiger partial charge on any atom is -0.366 e. The number of nitrogens with one attached hydrogen (secondary N) is 1. The van der Waals surface area contributed by atoms with E-state index in [9.17, 15) is 4.39 Å². The summed E-state index contributed by atoms with van der Waals surface area (Å²) in [5.41, 5.74) is 4.13. The Labute approximate surface area is 146 Å². The first kappa shape index (κ1) is 15.7. The van der Waals surface area contributed by atoms with Crippen molar-refractivity contribution in [3.63, 3.8) is 0 Å². The van der Waals surface area contributed by atoms with Gasteiger partial charge in [0.15, 0.2) is 5.82 Å². The number of aromatic nitrogens is 3. The van der Waals surface area contributed by atoms with Gasteiger partial charge in [-0.15, -0.1) is 0 Å². The van der Waals surface area contributed by atoms with Crippen molar-refractivity contribution in [3.8, 4) is 11.4 Å². The van der Waals surface area contributed by atoms with Crippen LogP contribution in [0.25, 0.3) is 11.4 Å². The number of benzene rings is 1. The minimum absolute atomic E-state index is 0.196. The number of hydrogen-bond acceptors (Lipinski definition) is 4. The number of pyridine rings is 1. The molecule has 4 rings (SSSR count). The Morgan fingerprint density at radius 3 is 2.44 bits per heavy atom. The number of hydrogen-bond donors (Lipinski definition) is 1. The van der Waals surface area contributed by atoms with Crippen LogP contribution >= 0.6 is 0 Å². The molecule has 1 fully saturated rings. The van der Waals surface area contributed by atoms with Crippen molar-refractivity contribution in [1.82, 2.24) is 15.0 Å². The zero-order chi connectivity index (χ0) is 17.4. The highest BCUT2D eigenvalue weighted by atomic mass is 19.1. The average molecular weight is 334 g/mol. The lowest BCUT2D eigenvalue weighted by molar-refractivity contribution is 0.627. The smallest absolute Gasteiger partial charge is 0.161 e. The van der Waals surface area contributed by atoms with Gasteiger partial charge < -0.3 is 5.32 Å². The van der Waals surface area contributed by atoms with Crippen molar-refractivity contribution >= 4 is 5.82 Å². The number of nitrogens with zero attached hydrogens (tertiary/aromatic N) is 3. The second-order valence-electron chi connectivity index (χ2n) is 6.49. The number of aryl methyl sites for hydroxylation is 1. The molecule has 0 saturated heterocycles. The van der Waals surface area contributed by atoms with Crippen LogP contribution in [0.4, 0.5) is 10.2 Å². The van der Waals surface area contributed by atoms with Gasteiger partial charge in [0.05, 0.1) is 0 Å². The van der Waals surface area contributed by atoms with E-state index in [0.29, 0.717) is 17.8 Å². The van der Waals surface area contributed by atoms with Gasteiger partial charge in [0, 0.05) is 41.2 Å². The fourth-order valence-corrected chi connectivity index (χ4v) is 3.01. The summed E-state index contributed by atoms with van der Waals surface area (Å²) in [7, 11) is 0. The predicted molar refractivity (Wildman–Crippen MR) is 95.9 cm³/mol. The molecule has 0 amide bonds. The third kappa shape index (κ3) is 3.22. The quantitative estimate of drug-likeness (QED) is 0.774. The first-order chi connectivity index (χ1) is 12.1. The van der Waals surface area contributed by atoms with Crippen LogP contribution in [-0.4, -0.2) is 21.0 Å². The van der Waals surface area contributed by atoms with Crippen LogP contribution in [0, 0.1) is 19.7 Å². The van der Waals surface area contributed by atoms with Gasteiger partial charge in [-0.25, -0.2) is 14.4 Å². The molecule has 25 heavy (non-hydrogen) atoms. The molecule has 1 saturated carbocycles. The summed E-state index contributed by atoms with van der Waals surface area (Å²) in [5.74, 6) is 1.78. The molecule has 0 radical (unpaired) electrons. The number of rotatable bonds is 4. The van der Waals surface area contributed by atoms with E-state index in [0.717, 1.165) is 34.6 Å². The standard InChI is InChI=1S/C20H19FN4/c1-12-13(2)23-20(15-7-9-22-10-8-15)25-19(12)24-18-11-17(18)14-3-5-16(21)6-4-14/h3-10,17-18H,11H2,1-2H3,(H,23,24,25)/t17-,18+/m0/s1. The lowest BCUT2D eigenvalue weighted by Gasteiger charge is -2.12. The summed E-state index contributed by atoms with van der Waals surface area (Å²) in [4.78, 5) is 13.4. The van der Waals surface area contributed by atoms with Gasteiger partial charge in [0.1, 0.15) is 11.6 Å². The SMILES string of the molecule is Cc1nc(-c2ccncc2)nc(N[C@@H]2C[C@H]2c2ccc(F)cc2)c1C. The summed E-state index contributed by atoms with van der Waals surface area (Å²) >= 11 is 0. The third-order valence-electron chi connectivity index (χ3n) is 4.74. The average Bonchev–Trinajstić information content (AvgIpc) is 3.39. The zero-order valence-electron chi connectivity index (χ0n) is 14.2. The summed E-state index contributed by atoms with van der Waals surface area (Å²) < 4.78 is 13.1. The first-order valence-corrected chi connectivity index (χ1v) is 8.39. The highest BCUT2D eigenvalue weighted by molar-refractivity contribution is 5.59. The molecule has 1 aromatic carbocycles. The second-order valence-corrected chi connectivity index (χ2v) is 6.49. The van der Waals surface area contributed by atoms with Gasteiger partial charge in [-0.05, 0) is 50.1 Å². The molecule has 0 aliphatic heterocycles. The fraction of sp³-hybridized carbons (Fsp3) is 0.250. The fourth-order valence-electron chi connectivity index (χ4n) is 3.01. The topological polar surface area (TPSA) is 50.7 Å². The molecule has 0 spiro atoms. The molecular weight excluding hydrogens is 315 g/mol. The van der Waals surface area contributed by atoms with E-state index in [4.69, 9.17) is 4.98 Å². The lowest BCUT2D eigenvalue weighted by atomic mass is 10.1. The van der Waals surface area contributed by atoms with Gasteiger partial charge in [-0.1, -0.05) is 12.1 Å². The first-order valence-electron chi connectivity index (χ1n) is 8.39. The molecular formula is C20H19FN4. The maximum atomic E-state index is 13.1. The Morgan fingerprint density at radius 2 is 1.72 bits per heavy atom. The van der Waals surface area contributed by atoms with Crippen LogP contribution in [0.5, 0.6) is 0 Å². The molecule has 1 aliphatic rings. The molecule has 2 heterocycles. The minimum atomic E-state index is -0.196. The lowest BCUT2D eigenvalue weighted by Crippen LogP contribution is -2.10. The maximum Gasteiger partial charge on any atom is 0.161 e. The number of anilines is 1. The Hall–Kier alpha value is -2.82. The summed E-state index contributed by atoms with van der Waals surface area (Å²) in [6.45, 7) is 4.03. The zero-order valence-corrected chi connectivity index (χ0v) is 14.2. The van der Waals surface area contributed by atoms with E-state index in [1.54, 1.807) is 12.4 Å².